The molecule has 5 heteroatoms. The van der Waals surface area contributed by atoms with Crippen LogP contribution >= 0.6 is 11.6 Å². The SMILES string of the molecule is CNc1ccc(OC(F)F)cc1Cl. The van der Waals surface area contributed by atoms with E-state index in [4.69, 9.17) is 11.6 Å². The highest BCUT2D eigenvalue weighted by Crippen LogP contribution is 2.26. The van der Waals surface area contributed by atoms with Crippen LogP contribution in [0.4, 0.5) is 14.5 Å². The lowest BCUT2D eigenvalue weighted by molar-refractivity contribution is -0.0498. The average Bonchev–Trinajstić information content (AvgIpc) is 2.03. The maximum Gasteiger partial charge on any atom is 0.387 e. The molecule has 0 atom stereocenters. The van der Waals surface area contributed by atoms with Gasteiger partial charge in [-0.3, -0.25) is 0 Å². The summed E-state index contributed by atoms with van der Waals surface area (Å²) in [7, 11) is 1.69. The molecule has 0 fully saturated rings. The minimum atomic E-state index is -2.82. The molecular formula is C8H8ClF2NO. The van der Waals surface area contributed by atoms with Gasteiger partial charge in [0.25, 0.3) is 0 Å². The molecule has 0 saturated carbocycles. The third-order valence-corrected chi connectivity index (χ3v) is 1.75. The summed E-state index contributed by atoms with van der Waals surface area (Å²) in [6.45, 7) is -2.82. The molecule has 0 aromatic heterocycles. The molecule has 1 aromatic carbocycles. The fourth-order valence-electron chi connectivity index (χ4n) is 0.875. The highest BCUT2D eigenvalue weighted by molar-refractivity contribution is 6.33. The van der Waals surface area contributed by atoms with E-state index in [1.54, 1.807) is 13.1 Å². The van der Waals surface area contributed by atoms with Gasteiger partial charge < -0.3 is 10.1 Å². The first-order chi connectivity index (χ1) is 6.13. The third-order valence-electron chi connectivity index (χ3n) is 1.44. The first kappa shape index (κ1) is 10.1. The van der Waals surface area contributed by atoms with Gasteiger partial charge in [0.1, 0.15) is 5.75 Å². The summed E-state index contributed by atoms with van der Waals surface area (Å²) < 4.78 is 27.7. The summed E-state index contributed by atoms with van der Waals surface area (Å²) in [6.07, 6.45) is 0. The summed E-state index contributed by atoms with van der Waals surface area (Å²) in [5.74, 6) is 0.0546. The van der Waals surface area contributed by atoms with Crippen LogP contribution in [0.1, 0.15) is 0 Å². The van der Waals surface area contributed by atoms with E-state index < -0.39 is 6.61 Å². The van der Waals surface area contributed by atoms with Crippen LogP contribution in [-0.2, 0) is 0 Å². The van der Waals surface area contributed by atoms with Crippen LogP contribution in [0.15, 0.2) is 18.2 Å². The molecule has 1 aromatic rings. The van der Waals surface area contributed by atoms with Crippen molar-refractivity contribution in [1.82, 2.24) is 0 Å². The maximum absolute atomic E-state index is 11.8. The van der Waals surface area contributed by atoms with Gasteiger partial charge in [0, 0.05) is 13.1 Å². The largest absolute Gasteiger partial charge is 0.435 e. The summed E-state index contributed by atoms with van der Waals surface area (Å²) in [5, 5.41) is 3.15. The van der Waals surface area contributed by atoms with Crippen LogP contribution in [0.5, 0.6) is 5.75 Å². The van der Waals surface area contributed by atoms with E-state index in [9.17, 15) is 8.78 Å². The van der Waals surface area contributed by atoms with Crippen molar-refractivity contribution in [2.45, 2.75) is 6.61 Å². The molecule has 0 radical (unpaired) electrons. The van der Waals surface area contributed by atoms with Crippen LogP contribution in [0.3, 0.4) is 0 Å². The quantitative estimate of drug-likeness (QED) is 0.823. The van der Waals surface area contributed by atoms with Gasteiger partial charge >= 0.3 is 6.61 Å². The van der Waals surface area contributed by atoms with Crippen molar-refractivity contribution in [3.63, 3.8) is 0 Å². The smallest absolute Gasteiger partial charge is 0.387 e. The van der Waals surface area contributed by atoms with Gasteiger partial charge in [-0.1, -0.05) is 11.6 Å². The second-order valence-electron chi connectivity index (χ2n) is 2.27. The Morgan fingerprint density at radius 3 is 2.62 bits per heavy atom. The zero-order chi connectivity index (χ0) is 9.84. The lowest BCUT2D eigenvalue weighted by Crippen LogP contribution is -2.02. The molecule has 0 amide bonds. The Kier molecular flexibility index (Phi) is 3.31. The van der Waals surface area contributed by atoms with Gasteiger partial charge in [-0.25, -0.2) is 0 Å². The Hall–Kier alpha value is -1.03. The summed E-state index contributed by atoms with van der Waals surface area (Å²) in [6, 6.07) is 4.32. The molecule has 72 valence electrons. The zero-order valence-corrected chi connectivity index (χ0v) is 7.61. The number of hydrogen-bond acceptors (Lipinski definition) is 2. The van der Waals surface area contributed by atoms with Crippen molar-refractivity contribution in [1.29, 1.82) is 0 Å². The lowest BCUT2D eigenvalue weighted by Gasteiger charge is -2.07. The average molecular weight is 208 g/mol. The summed E-state index contributed by atoms with van der Waals surface area (Å²) >= 11 is 5.73. The second kappa shape index (κ2) is 4.28. The predicted molar refractivity (Wildman–Crippen MR) is 47.6 cm³/mol. The van der Waals surface area contributed by atoms with Gasteiger partial charge in [-0.05, 0) is 12.1 Å². The highest BCUT2D eigenvalue weighted by atomic mass is 35.5. The molecule has 0 aliphatic heterocycles. The summed E-state index contributed by atoms with van der Waals surface area (Å²) in [4.78, 5) is 0. The van der Waals surface area contributed by atoms with Crippen LogP contribution in [0.25, 0.3) is 0 Å². The van der Waals surface area contributed by atoms with Gasteiger partial charge in [-0.15, -0.1) is 0 Å². The Labute approximate surface area is 79.5 Å². The number of halogens is 3. The van der Waals surface area contributed by atoms with E-state index in [0.717, 1.165) is 0 Å². The standard InChI is InChI=1S/C8H8ClF2NO/c1-12-7-3-2-5(4-6(7)9)13-8(10)11/h2-4,8,12H,1H3. The second-order valence-corrected chi connectivity index (χ2v) is 2.68. The predicted octanol–water partition coefficient (Wildman–Crippen LogP) is 2.98. The Balaban J connectivity index is 2.83. The Morgan fingerprint density at radius 1 is 1.46 bits per heavy atom. The molecule has 2 nitrogen and oxygen atoms in total. The van der Waals surface area contributed by atoms with Crippen molar-refractivity contribution in [2.24, 2.45) is 0 Å². The van der Waals surface area contributed by atoms with Gasteiger partial charge in [0.2, 0.25) is 0 Å². The Morgan fingerprint density at radius 2 is 2.15 bits per heavy atom. The summed E-state index contributed by atoms with van der Waals surface area (Å²) in [5.41, 5.74) is 0.670. The number of hydrogen-bond donors (Lipinski definition) is 1. The van der Waals surface area contributed by atoms with Crippen LogP contribution in [0, 0.1) is 0 Å². The van der Waals surface area contributed by atoms with Crippen molar-refractivity contribution < 1.29 is 13.5 Å². The molecule has 0 heterocycles. The van der Waals surface area contributed by atoms with E-state index in [1.807, 2.05) is 0 Å². The van der Waals surface area contributed by atoms with Crippen molar-refractivity contribution in [3.8, 4) is 5.75 Å². The molecule has 1 N–H and O–H groups in total. The van der Waals surface area contributed by atoms with E-state index in [1.165, 1.54) is 12.1 Å². The zero-order valence-electron chi connectivity index (χ0n) is 6.85. The first-order valence-electron chi connectivity index (χ1n) is 3.55. The monoisotopic (exact) mass is 207 g/mol. The van der Waals surface area contributed by atoms with Crippen LogP contribution < -0.4 is 10.1 Å². The minimum absolute atomic E-state index is 0.0546. The van der Waals surface area contributed by atoms with Crippen molar-refractivity contribution in [3.05, 3.63) is 23.2 Å². The third kappa shape index (κ3) is 2.73. The van der Waals surface area contributed by atoms with E-state index in [2.05, 4.69) is 10.1 Å². The molecule has 0 saturated heterocycles. The number of ether oxygens (including phenoxy) is 1. The van der Waals surface area contributed by atoms with Crippen LogP contribution in [-0.4, -0.2) is 13.7 Å². The fraction of sp³-hybridized carbons (Fsp3) is 0.250. The minimum Gasteiger partial charge on any atom is -0.435 e. The van der Waals surface area contributed by atoms with E-state index >= 15 is 0 Å². The number of alkyl halides is 2. The number of rotatable bonds is 3. The van der Waals surface area contributed by atoms with E-state index in [-0.39, 0.29) is 5.75 Å². The number of anilines is 1. The van der Waals surface area contributed by atoms with E-state index in [0.29, 0.717) is 10.7 Å². The molecule has 0 bridgehead atoms. The number of nitrogens with one attached hydrogen (secondary N) is 1. The maximum atomic E-state index is 11.8. The molecular weight excluding hydrogens is 200 g/mol. The highest BCUT2D eigenvalue weighted by Gasteiger charge is 2.06. The molecule has 0 aliphatic carbocycles. The molecule has 0 aliphatic rings. The van der Waals surface area contributed by atoms with Crippen LogP contribution in [0.2, 0.25) is 5.02 Å². The Bertz CT molecular complexity index is 293. The molecule has 13 heavy (non-hydrogen) atoms. The van der Waals surface area contributed by atoms with Gasteiger partial charge in [0.15, 0.2) is 0 Å². The fourth-order valence-corrected chi connectivity index (χ4v) is 1.14. The molecule has 0 unspecified atom stereocenters. The normalized spacial score (nSPS) is 10.2. The first-order valence-corrected chi connectivity index (χ1v) is 3.93. The van der Waals surface area contributed by atoms with Crippen molar-refractivity contribution in [2.75, 3.05) is 12.4 Å². The topological polar surface area (TPSA) is 21.3 Å². The van der Waals surface area contributed by atoms with Crippen molar-refractivity contribution >= 4 is 17.3 Å². The number of benzene rings is 1. The van der Waals surface area contributed by atoms with Gasteiger partial charge in [0.05, 0.1) is 10.7 Å². The molecule has 1 rings (SSSR count). The van der Waals surface area contributed by atoms with Gasteiger partial charge in [-0.2, -0.15) is 8.78 Å². The lowest BCUT2D eigenvalue weighted by atomic mass is 10.3. The molecule has 0 spiro atoms.